The number of carbonyl (C=O) groups is 3. The second kappa shape index (κ2) is 10.5. The lowest BCUT2D eigenvalue weighted by Gasteiger charge is -2.43. The van der Waals surface area contributed by atoms with Crippen molar-refractivity contribution in [1.82, 2.24) is 20.2 Å². The Balaban J connectivity index is 1.40. The summed E-state index contributed by atoms with van der Waals surface area (Å²) in [7, 11) is 0. The third-order valence-electron chi connectivity index (χ3n) is 8.07. The van der Waals surface area contributed by atoms with Gasteiger partial charge in [0.05, 0.1) is 5.56 Å². The van der Waals surface area contributed by atoms with Crippen LogP contribution >= 0.6 is 0 Å². The smallest absolute Gasteiger partial charge is 0.406 e. The van der Waals surface area contributed by atoms with Crippen LogP contribution in [-0.2, 0) is 27.8 Å². The highest BCUT2D eigenvalue weighted by molar-refractivity contribution is 5.98. The lowest BCUT2D eigenvalue weighted by atomic mass is 9.78. The third kappa shape index (κ3) is 5.33. The number of hydrogen-bond acceptors (Lipinski definition) is 6. The number of pyridine rings is 2. The Labute approximate surface area is 233 Å². The first-order chi connectivity index (χ1) is 19.4. The van der Waals surface area contributed by atoms with E-state index < -0.39 is 53.9 Å². The summed E-state index contributed by atoms with van der Waals surface area (Å²) in [6.07, 6.45) is -1.71. The van der Waals surface area contributed by atoms with Crippen LogP contribution in [0.25, 0.3) is 0 Å². The summed E-state index contributed by atoms with van der Waals surface area (Å²) >= 11 is 0. The first-order valence-corrected chi connectivity index (χ1v) is 13.0. The number of nitrogen functional groups attached to an aromatic ring is 1. The lowest BCUT2D eigenvalue weighted by Crippen LogP contribution is -2.59. The van der Waals surface area contributed by atoms with Crippen molar-refractivity contribution in [2.75, 3.05) is 12.3 Å². The fourth-order valence-electron chi connectivity index (χ4n) is 5.99. The highest BCUT2D eigenvalue weighted by atomic mass is 19.4. The van der Waals surface area contributed by atoms with Crippen LogP contribution in [0.4, 0.5) is 19.0 Å². The molecule has 1 aromatic carbocycles. The number of halogens is 3. The van der Waals surface area contributed by atoms with E-state index in [1.807, 2.05) is 0 Å². The van der Waals surface area contributed by atoms with Gasteiger partial charge >= 0.3 is 12.1 Å². The van der Waals surface area contributed by atoms with Gasteiger partial charge in [0.15, 0.2) is 0 Å². The van der Waals surface area contributed by atoms with Crippen LogP contribution in [0.2, 0.25) is 0 Å². The van der Waals surface area contributed by atoms with E-state index in [9.17, 15) is 32.7 Å². The molecule has 1 fully saturated rings. The molecule has 12 heteroatoms. The average Bonchev–Trinajstić information content (AvgIpc) is 3.33. The van der Waals surface area contributed by atoms with E-state index in [1.165, 1.54) is 18.5 Å². The largest absolute Gasteiger partial charge is 0.481 e. The number of amides is 2. The van der Waals surface area contributed by atoms with Crippen LogP contribution in [0.5, 0.6) is 0 Å². The zero-order valence-electron chi connectivity index (χ0n) is 22.1. The summed E-state index contributed by atoms with van der Waals surface area (Å²) in [6.45, 7) is 0.144. The van der Waals surface area contributed by atoms with Gasteiger partial charge < -0.3 is 21.1 Å². The van der Waals surface area contributed by atoms with E-state index >= 15 is 0 Å². The minimum absolute atomic E-state index is 0.0109. The topological polar surface area (TPSA) is 139 Å². The minimum Gasteiger partial charge on any atom is -0.481 e. The second-order valence-electron chi connectivity index (χ2n) is 10.6. The Hall–Kier alpha value is -4.48. The summed E-state index contributed by atoms with van der Waals surface area (Å²) in [5.41, 5.74) is 6.75. The van der Waals surface area contributed by atoms with Gasteiger partial charge in [0.25, 0.3) is 5.91 Å². The number of nitrogens with two attached hydrogens (primary N) is 1. The summed E-state index contributed by atoms with van der Waals surface area (Å²) in [4.78, 5) is 48.1. The Morgan fingerprint density at radius 1 is 1.15 bits per heavy atom. The zero-order chi connectivity index (χ0) is 29.5. The Morgan fingerprint density at radius 3 is 2.54 bits per heavy atom. The van der Waals surface area contributed by atoms with Gasteiger partial charge in [0, 0.05) is 42.0 Å². The first kappa shape index (κ1) is 28.1. The molecule has 1 aliphatic heterocycles. The number of alkyl halides is 3. The predicted molar refractivity (Wildman–Crippen MR) is 142 cm³/mol. The van der Waals surface area contributed by atoms with Crippen LogP contribution in [0.15, 0.2) is 60.9 Å². The summed E-state index contributed by atoms with van der Waals surface area (Å²) in [6, 6.07) is 11.7. The molecule has 0 spiro atoms. The summed E-state index contributed by atoms with van der Waals surface area (Å²) < 4.78 is 40.3. The van der Waals surface area contributed by atoms with E-state index in [-0.39, 0.29) is 30.6 Å². The molecule has 4 atom stereocenters. The van der Waals surface area contributed by atoms with E-state index in [1.54, 1.807) is 49.4 Å². The average molecular weight is 568 g/mol. The maximum Gasteiger partial charge on any atom is 0.406 e. The van der Waals surface area contributed by atoms with Crippen LogP contribution < -0.4 is 11.1 Å². The number of carboxylic acid groups (broad SMARTS) is 1. The molecule has 0 bridgehead atoms. The summed E-state index contributed by atoms with van der Waals surface area (Å²) in [5, 5.41) is 12.8. The number of likely N-dealkylation sites (tertiary alicyclic amines) is 1. The number of benzene rings is 1. The van der Waals surface area contributed by atoms with E-state index in [4.69, 9.17) is 5.73 Å². The molecule has 1 saturated heterocycles. The van der Waals surface area contributed by atoms with Crippen molar-refractivity contribution in [3.63, 3.8) is 0 Å². The number of carbonyl (C=O) groups excluding carboxylic acids is 2. The SMILES string of the molecule is C[C@@H]1[C@H](c2ccccc2)C[C@H](NC(=O)c2cnc3c(c2)C[C@@](C(=O)O)(c2cccnc2N)C3)C(=O)N1CC(F)(F)F. The van der Waals surface area contributed by atoms with Gasteiger partial charge in [-0.15, -0.1) is 0 Å². The van der Waals surface area contributed by atoms with E-state index in [2.05, 4.69) is 15.3 Å². The van der Waals surface area contributed by atoms with Gasteiger partial charge in [0.1, 0.15) is 23.8 Å². The molecular formula is C29H28F3N5O4. The van der Waals surface area contributed by atoms with Gasteiger partial charge in [0.2, 0.25) is 5.91 Å². The summed E-state index contributed by atoms with van der Waals surface area (Å²) in [5.74, 6) is -2.98. The number of aliphatic carboxylic acids is 1. The molecule has 214 valence electrons. The number of fused-ring (bicyclic) bond motifs is 1. The van der Waals surface area contributed by atoms with E-state index in [0.29, 0.717) is 16.8 Å². The predicted octanol–water partition coefficient (Wildman–Crippen LogP) is 3.25. The standard InChI is InChI=1S/C29H28F3N5O4/c1-16-20(17-6-3-2-4-7-17)11-22(26(39)37(16)15-29(30,31)32)36-25(38)19-10-18-12-28(27(40)41,13-23(18)35-14-19)21-8-5-9-34-24(21)33/h2-10,14,16,20,22H,11-13,15H2,1H3,(H2,33,34)(H,36,38)(H,40,41)/t16-,20-,22+,28+/m1/s1. The highest BCUT2D eigenvalue weighted by Gasteiger charge is 2.48. The number of carboxylic acids is 1. The number of anilines is 1. The molecule has 2 aromatic heterocycles. The fraction of sp³-hybridized carbons (Fsp3) is 0.345. The molecular weight excluding hydrogens is 539 g/mol. The Kier molecular flexibility index (Phi) is 7.18. The normalized spacial score (nSPS) is 24.1. The maximum absolute atomic E-state index is 13.4. The third-order valence-corrected chi connectivity index (χ3v) is 8.07. The molecule has 4 N–H and O–H groups in total. The number of hydrogen-bond donors (Lipinski definition) is 3. The van der Waals surface area contributed by atoms with Gasteiger partial charge in [-0.2, -0.15) is 13.2 Å². The van der Waals surface area contributed by atoms with Crippen molar-refractivity contribution in [1.29, 1.82) is 0 Å². The van der Waals surface area contributed by atoms with Crippen LogP contribution in [0.1, 0.15) is 52.0 Å². The van der Waals surface area contributed by atoms with Crippen molar-refractivity contribution >= 4 is 23.6 Å². The molecule has 1 aliphatic carbocycles. The molecule has 2 aliphatic rings. The molecule has 0 saturated carbocycles. The minimum atomic E-state index is -4.62. The van der Waals surface area contributed by atoms with Crippen molar-refractivity contribution in [3.8, 4) is 0 Å². The number of piperidine rings is 1. The molecule has 0 unspecified atom stereocenters. The van der Waals surface area contributed by atoms with Crippen LogP contribution in [0.3, 0.4) is 0 Å². The molecule has 2 amide bonds. The Morgan fingerprint density at radius 2 is 1.88 bits per heavy atom. The van der Waals surface area contributed by atoms with Crippen molar-refractivity contribution in [3.05, 3.63) is 88.9 Å². The molecule has 41 heavy (non-hydrogen) atoms. The quantitative estimate of drug-likeness (QED) is 0.416. The number of rotatable bonds is 6. The van der Waals surface area contributed by atoms with Gasteiger partial charge in [-0.1, -0.05) is 36.4 Å². The monoisotopic (exact) mass is 567 g/mol. The fourth-order valence-corrected chi connectivity index (χ4v) is 5.99. The molecule has 3 heterocycles. The maximum atomic E-state index is 13.4. The van der Waals surface area contributed by atoms with Crippen molar-refractivity contribution < 1.29 is 32.7 Å². The van der Waals surface area contributed by atoms with Crippen LogP contribution in [0, 0.1) is 0 Å². The molecule has 0 radical (unpaired) electrons. The van der Waals surface area contributed by atoms with Gasteiger partial charge in [-0.3, -0.25) is 19.4 Å². The van der Waals surface area contributed by atoms with Gasteiger partial charge in [-0.25, -0.2) is 4.98 Å². The van der Waals surface area contributed by atoms with Crippen molar-refractivity contribution in [2.24, 2.45) is 0 Å². The first-order valence-electron chi connectivity index (χ1n) is 13.0. The molecule has 3 aromatic rings. The zero-order valence-corrected chi connectivity index (χ0v) is 22.1. The number of aromatic nitrogens is 2. The number of nitrogens with one attached hydrogen (secondary N) is 1. The second-order valence-corrected chi connectivity index (χ2v) is 10.6. The highest BCUT2D eigenvalue weighted by Crippen LogP contribution is 2.41. The van der Waals surface area contributed by atoms with Crippen molar-refractivity contribution in [2.45, 2.75) is 55.8 Å². The van der Waals surface area contributed by atoms with Gasteiger partial charge in [-0.05, 0) is 43.0 Å². The van der Waals surface area contributed by atoms with E-state index in [0.717, 1.165) is 10.5 Å². The lowest BCUT2D eigenvalue weighted by molar-refractivity contribution is -0.170. The number of nitrogens with zero attached hydrogens (tertiary/aromatic N) is 3. The molecule has 5 rings (SSSR count). The molecule has 9 nitrogen and oxygen atoms in total. The van der Waals surface area contributed by atoms with Crippen LogP contribution in [-0.4, -0.2) is 62.6 Å². The Bertz CT molecular complexity index is 1500.